The highest BCUT2D eigenvalue weighted by atomic mass is 16.5. The van der Waals surface area contributed by atoms with Crippen LogP contribution >= 0.6 is 0 Å². The average molecular weight is 294 g/mol. The third-order valence-electron chi connectivity index (χ3n) is 2.99. The molecular formula is C15H22N2O4. The molecule has 21 heavy (non-hydrogen) atoms. The van der Waals surface area contributed by atoms with Crippen molar-refractivity contribution in [2.75, 3.05) is 20.3 Å². The first-order valence-electron chi connectivity index (χ1n) is 6.82. The van der Waals surface area contributed by atoms with Gasteiger partial charge in [0.05, 0.1) is 19.1 Å². The number of aliphatic carboxylic acids is 1. The van der Waals surface area contributed by atoms with Gasteiger partial charge in [-0.1, -0.05) is 24.3 Å². The van der Waals surface area contributed by atoms with Gasteiger partial charge in [-0.25, -0.2) is 0 Å². The van der Waals surface area contributed by atoms with Crippen molar-refractivity contribution in [3.05, 3.63) is 35.4 Å². The van der Waals surface area contributed by atoms with Gasteiger partial charge in [-0.2, -0.15) is 0 Å². The number of hydrogen-bond donors (Lipinski definition) is 3. The van der Waals surface area contributed by atoms with Crippen molar-refractivity contribution in [3.63, 3.8) is 0 Å². The molecule has 116 valence electrons. The van der Waals surface area contributed by atoms with E-state index in [-0.39, 0.29) is 18.4 Å². The molecule has 1 unspecified atom stereocenters. The standard InChI is InChI=1S/C15H22N2O4/c1-11(15(20)16-7-8-21-2)17-10-13-5-3-12(4-6-13)9-14(18)19/h3-6,11,17H,7-10H2,1-2H3,(H,16,20)(H,18,19). The van der Waals surface area contributed by atoms with Crippen molar-refractivity contribution >= 4 is 11.9 Å². The van der Waals surface area contributed by atoms with E-state index < -0.39 is 5.97 Å². The van der Waals surface area contributed by atoms with Crippen LogP contribution in [0.3, 0.4) is 0 Å². The molecule has 0 radical (unpaired) electrons. The van der Waals surface area contributed by atoms with Crippen LogP contribution < -0.4 is 10.6 Å². The van der Waals surface area contributed by atoms with Crippen LogP contribution in [0.1, 0.15) is 18.1 Å². The van der Waals surface area contributed by atoms with Crippen LogP contribution in [0.2, 0.25) is 0 Å². The number of rotatable bonds is 9. The fourth-order valence-corrected chi connectivity index (χ4v) is 1.74. The fourth-order valence-electron chi connectivity index (χ4n) is 1.74. The molecule has 1 atom stereocenters. The van der Waals surface area contributed by atoms with E-state index in [1.165, 1.54) is 0 Å². The molecule has 3 N–H and O–H groups in total. The minimum absolute atomic E-state index is 0.0199. The van der Waals surface area contributed by atoms with Crippen LogP contribution in [-0.2, 0) is 27.3 Å². The second kappa shape index (κ2) is 9.10. The number of carbonyl (C=O) groups is 2. The van der Waals surface area contributed by atoms with E-state index in [4.69, 9.17) is 9.84 Å². The Kier molecular flexibility index (Phi) is 7.42. The highest BCUT2D eigenvalue weighted by Crippen LogP contribution is 2.05. The molecule has 0 aliphatic carbocycles. The zero-order valence-electron chi connectivity index (χ0n) is 12.4. The highest BCUT2D eigenvalue weighted by molar-refractivity contribution is 5.81. The molecule has 0 spiro atoms. The molecule has 1 rings (SSSR count). The van der Waals surface area contributed by atoms with Crippen molar-refractivity contribution in [3.8, 4) is 0 Å². The summed E-state index contributed by atoms with van der Waals surface area (Å²) < 4.78 is 4.86. The fraction of sp³-hybridized carbons (Fsp3) is 0.467. The van der Waals surface area contributed by atoms with Gasteiger partial charge in [0.1, 0.15) is 0 Å². The molecule has 0 fully saturated rings. The lowest BCUT2D eigenvalue weighted by atomic mass is 10.1. The summed E-state index contributed by atoms with van der Waals surface area (Å²) in [6.07, 6.45) is 0.0199. The first-order valence-corrected chi connectivity index (χ1v) is 6.82. The lowest BCUT2D eigenvalue weighted by Gasteiger charge is -2.14. The summed E-state index contributed by atoms with van der Waals surface area (Å²) in [5.41, 5.74) is 1.76. The summed E-state index contributed by atoms with van der Waals surface area (Å²) >= 11 is 0. The molecule has 0 aliphatic heterocycles. The Morgan fingerprint density at radius 3 is 2.43 bits per heavy atom. The van der Waals surface area contributed by atoms with E-state index in [1.807, 2.05) is 12.1 Å². The van der Waals surface area contributed by atoms with Crippen LogP contribution in [0.15, 0.2) is 24.3 Å². The van der Waals surface area contributed by atoms with Gasteiger partial charge in [-0.15, -0.1) is 0 Å². The van der Waals surface area contributed by atoms with Crippen molar-refractivity contribution in [1.82, 2.24) is 10.6 Å². The first kappa shape index (κ1) is 17.1. The van der Waals surface area contributed by atoms with E-state index in [9.17, 15) is 9.59 Å². The number of ether oxygens (including phenoxy) is 1. The van der Waals surface area contributed by atoms with E-state index in [2.05, 4.69) is 10.6 Å². The Labute approximate surface area is 124 Å². The summed E-state index contributed by atoms with van der Waals surface area (Å²) in [5.74, 6) is -0.920. The monoisotopic (exact) mass is 294 g/mol. The van der Waals surface area contributed by atoms with Gasteiger partial charge < -0.3 is 20.5 Å². The summed E-state index contributed by atoms with van der Waals surface area (Å²) in [6.45, 7) is 3.32. The number of carboxylic acid groups (broad SMARTS) is 1. The molecule has 1 amide bonds. The number of carbonyl (C=O) groups excluding carboxylic acids is 1. The van der Waals surface area contributed by atoms with Crippen LogP contribution in [-0.4, -0.2) is 43.3 Å². The predicted octanol–water partition coefficient (Wildman–Crippen LogP) is 0.554. The Bertz CT molecular complexity index is 459. The van der Waals surface area contributed by atoms with Crippen molar-refractivity contribution in [1.29, 1.82) is 0 Å². The third kappa shape index (κ3) is 6.87. The van der Waals surface area contributed by atoms with Crippen LogP contribution in [0, 0.1) is 0 Å². The molecule has 0 saturated heterocycles. The quantitative estimate of drug-likeness (QED) is 0.579. The molecule has 1 aromatic carbocycles. The Hall–Kier alpha value is -1.92. The van der Waals surface area contributed by atoms with Crippen molar-refractivity contribution in [2.45, 2.75) is 25.9 Å². The molecular weight excluding hydrogens is 272 g/mol. The van der Waals surface area contributed by atoms with E-state index in [1.54, 1.807) is 26.2 Å². The van der Waals surface area contributed by atoms with Gasteiger partial charge in [0.15, 0.2) is 0 Å². The Balaban J connectivity index is 2.36. The van der Waals surface area contributed by atoms with Gasteiger partial charge in [0.25, 0.3) is 0 Å². The minimum atomic E-state index is -0.845. The average Bonchev–Trinajstić information content (AvgIpc) is 2.45. The Morgan fingerprint density at radius 1 is 1.24 bits per heavy atom. The minimum Gasteiger partial charge on any atom is -0.481 e. The topological polar surface area (TPSA) is 87.7 Å². The number of amides is 1. The molecule has 1 aromatic rings. The number of benzene rings is 1. The highest BCUT2D eigenvalue weighted by Gasteiger charge is 2.11. The normalized spacial score (nSPS) is 11.9. The van der Waals surface area contributed by atoms with Gasteiger partial charge in [0.2, 0.25) is 5.91 Å². The molecule has 6 nitrogen and oxygen atoms in total. The van der Waals surface area contributed by atoms with E-state index in [0.717, 1.165) is 11.1 Å². The lowest BCUT2D eigenvalue weighted by molar-refractivity contribution is -0.136. The van der Waals surface area contributed by atoms with Crippen LogP contribution in [0.25, 0.3) is 0 Å². The number of nitrogens with one attached hydrogen (secondary N) is 2. The molecule has 0 aliphatic rings. The van der Waals surface area contributed by atoms with Gasteiger partial charge in [-0.05, 0) is 18.1 Å². The van der Waals surface area contributed by atoms with Crippen molar-refractivity contribution in [2.24, 2.45) is 0 Å². The van der Waals surface area contributed by atoms with E-state index in [0.29, 0.717) is 19.7 Å². The number of carboxylic acids is 1. The SMILES string of the molecule is COCCNC(=O)C(C)NCc1ccc(CC(=O)O)cc1. The molecule has 0 bridgehead atoms. The second-order valence-corrected chi connectivity index (χ2v) is 4.77. The second-order valence-electron chi connectivity index (χ2n) is 4.77. The van der Waals surface area contributed by atoms with Gasteiger partial charge in [0, 0.05) is 20.2 Å². The molecule has 0 saturated carbocycles. The van der Waals surface area contributed by atoms with Crippen molar-refractivity contribution < 1.29 is 19.4 Å². The summed E-state index contributed by atoms with van der Waals surface area (Å²) in [6, 6.07) is 6.99. The third-order valence-corrected chi connectivity index (χ3v) is 2.99. The predicted molar refractivity (Wildman–Crippen MR) is 79.0 cm³/mol. The maximum absolute atomic E-state index is 11.7. The van der Waals surface area contributed by atoms with E-state index >= 15 is 0 Å². The number of hydrogen-bond acceptors (Lipinski definition) is 4. The number of methoxy groups -OCH3 is 1. The maximum Gasteiger partial charge on any atom is 0.307 e. The van der Waals surface area contributed by atoms with Gasteiger partial charge in [-0.3, -0.25) is 9.59 Å². The zero-order chi connectivity index (χ0) is 15.7. The maximum atomic E-state index is 11.7. The molecule has 0 heterocycles. The smallest absolute Gasteiger partial charge is 0.307 e. The summed E-state index contributed by atoms with van der Waals surface area (Å²) in [4.78, 5) is 22.3. The first-order chi connectivity index (χ1) is 10.0. The van der Waals surface area contributed by atoms with Gasteiger partial charge >= 0.3 is 5.97 Å². The summed E-state index contributed by atoms with van der Waals surface area (Å²) in [5, 5.41) is 14.6. The molecule has 0 aromatic heterocycles. The lowest BCUT2D eigenvalue weighted by Crippen LogP contribution is -2.42. The summed E-state index contributed by atoms with van der Waals surface area (Å²) in [7, 11) is 1.59. The van der Waals surface area contributed by atoms with Crippen LogP contribution in [0.5, 0.6) is 0 Å². The zero-order valence-corrected chi connectivity index (χ0v) is 12.4. The van der Waals surface area contributed by atoms with Crippen LogP contribution in [0.4, 0.5) is 0 Å². The largest absolute Gasteiger partial charge is 0.481 e. The molecule has 6 heteroatoms. The Morgan fingerprint density at radius 2 is 1.86 bits per heavy atom.